The molecule has 1 amide bonds. The zero-order valence-electron chi connectivity index (χ0n) is 13.7. The quantitative estimate of drug-likeness (QED) is 0.674. The van der Waals surface area contributed by atoms with Crippen molar-refractivity contribution in [3.05, 3.63) is 52.1 Å². The summed E-state index contributed by atoms with van der Waals surface area (Å²) in [6, 6.07) is 7.73. The molecule has 3 aromatic rings. The Kier molecular flexibility index (Phi) is 3.39. The van der Waals surface area contributed by atoms with Crippen LogP contribution in [0.4, 0.5) is 0 Å². The molecule has 2 aliphatic rings. The lowest BCUT2D eigenvalue weighted by molar-refractivity contribution is -0.0906. The normalized spacial score (nSPS) is 19.3. The maximum Gasteiger partial charge on any atom is 0.272 e. The molecule has 5 heterocycles. The number of thiophene rings is 1. The summed E-state index contributed by atoms with van der Waals surface area (Å²) in [7, 11) is 0. The van der Waals surface area contributed by atoms with Gasteiger partial charge in [-0.25, -0.2) is 9.50 Å². The second kappa shape index (κ2) is 5.64. The number of piperidine rings is 1. The van der Waals surface area contributed by atoms with Crippen LogP contribution in [0.25, 0.3) is 5.65 Å². The number of carbonyl (C=O) groups excluding carboxylic acids is 1. The molecule has 0 saturated carbocycles. The lowest BCUT2D eigenvalue weighted by Gasteiger charge is -2.43. The minimum atomic E-state index is -0.197. The van der Waals surface area contributed by atoms with Gasteiger partial charge in [0, 0.05) is 18.0 Å². The van der Waals surface area contributed by atoms with Crippen LogP contribution in [-0.2, 0) is 16.8 Å². The third-order valence-electron chi connectivity index (χ3n) is 5.29. The van der Waals surface area contributed by atoms with E-state index in [0.29, 0.717) is 24.4 Å². The minimum absolute atomic E-state index is 0.00756. The highest BCUT2D eigenvalue weighted by atomic mass is 32.1. The first-order valence-electron chi connectivity index (χ1n) is 8.56. The van der Waals surface area contributed by atoms with E-state index in [1.54, 1.807) is 15.9 Å². The summed E-state index contributed by atoms with van der Waals surface area (Å²) >= 11 is 1.79. The van der Waals surface area contributed by atoms with Crippen LogP contribution in [0.15, 0.2) is 36.0 Å². The third kappa shape index (κ3) is 2.30. The van der Waals surface area contributed by atoms with Crippen LogP contribution in [0, 0.1) is 0 Å². The summed E-state index contributed by atoms with van der Waals surface area (Å²) in [5, 5.41) is 6.33. The molecule has 1 spiro atoms. The maximum atomic E-state index is 13.0. The molecule has 5 rings (SSSR count). The average molecular weight is 354 g/mol. The van der Waals surface area contributed by atoms with E-state index in [1.165, 1.54) is 16.8 Å². The fraction of sp³-hybridized carbons (Fsp3) is 0.389. The highest BCUT2D eigenvalue weighted by Gasteiger charge is 2.42. The fourth-order valence-electron chi connectivity index (χ4n) is 3.97. The van der Waals surface area contributed by atoms with Crippen molar-refractivity contribution in [2.24, 2.45) is 0 Å². The number of ether oxygens (including phenoxy) is 1. The minimum Gasteiger partial charge on any atom is -0.369 e. The third-order valence-corrected chi connectivity index (χ3v) is 6.43. The molecular weight excluding hydrogens is 336 g/mol. The van der Waals surface area contributed by atoms with Crippen molar-refractivity contribution >= 4 is 22.9 Å². The van der Waals surface area contributed by atoms with Gasteiger partial charge in [0.25, 0.3) is 5.91 Å². The van der Waals surface area contributed by atoms with E-state index in [9.17, 15) is 4.79 Å². The first-order valence-corrected chi connectivity index (χ1v) is 9.44. The zero-order chi connectivity index (χ0) is 16.9. The molecule has 0 bridgehead atoms. The number of nitrogens with zero attached hydrogens (tertiary/aromatic N) is 4. The molecule has 3 aromatic heterocycles. The van der Waals surface area contributed by atoms with Gasteiger partial charge < -0.3 is 9.64 Å². The van der Waals surface area contributed by atoms with Crippen LogP contribution in [0.5, 0.6) is 0 Å². The molecule has 0 aromatic carbocycles. The van der Waals surface area contributed by atoms with E-state index >= 15 is 0 Å². The second-order valence-corrected chi connectivity index (χ2v) is 7.52. The molecule has 25 heavy (non-hydrogen) atoms. The lowest BCUT2D eigenvalue weighted by Crippen LogP contribution is -2.48. The van der Waals surface area contributed by atoms with Crippen molar-refractivity contribution in [2.75, 3.05) is 19.7 Å². The largest absolute Gasteiger partial charge is 0.369 e. The maximum absolute atomic E-state index is 13.0. The van der Waals surface area contributed by atoms with Crippen molar-refractivity contribution in [3.8, 4) is 0 Å². The predicted molar refractivity (Wildman–Crippen MR) is 93.8 cm³/mol. The first-order chi connectivity index (χ1) is 12.3. The number of rotatable bonds is 1. The topological polar surface area (TPSA) is 59.7 Å². The molecule has 0 unspecified atom stereocenters. The SMILES string of the molecule is O=C(c1cccc2ncnn12)N1CCC2(CC1)OCCc1ccsc12. The van der Waals surface area contributed by atoms with Gasteiger partial charge >= 0.3 is 0 Å². The second-order valence-electron chi connectivity index (χ2n) is 6.60. The van der Waals surface area contributed by atoms with Crippen molar-refractivity contribution in [1.29, 1.82) is 0 Å². The van der Waals surface area contributed by atoms with Crippen LogP contribution in [0.3, 0.4) is 0 Å². The van der Waals surface area contributed by atoms with Crippen molar-refractivity contribution in [2.45, 2.75) is 24.9 Å². The highest BCUT2D eigenvalue weighted by molar-refractivity contribution is 7.10. The zero-order valence-corrected chi connectivity index (χ0v) is 14.5. The molecule has 128 valence electrons. The van der Waals surface area contributed by atoms with Crippen molar-refractivity contribution < 1.29 is 9.53 Å². The number of likely N-dealkylation sites (tertiary alicyclic amines) is 1. The Hall–Kier alpha value is -2.25. The van der Waals surface area contributed by atoms with Gasteiger partial charge in [0.2, 0.25) is 0 Å². The van der Waals surface area contributed by atoms with Gasteiger partial charge in [-0.1, -0.05) is 6.07 Å². The molecule has 0 N–H and O–H groups in total. The molecular formula is C18H18N4O2S. The molecule has 6 nitrogen and oxygen atoms in total. The molecule has 2 aliphatic heterocycles. The molecule has 1 saturated heterocycles. The Morgan fingerprint density at radius 3 is 3.00 bits per heavy atom. The Morgan fingerprint density at radius 2 is 2.12 bits per heavy atom. The number of fused-ring (bicyclic) bond motifs is 3. The van der Waals surface area contributed by atoms with Gasteiger partial charge in [-0.15, -0.1) is 11.3 Å². The lowest BCUT2D eigenvalue weighted by atomic mass is 9.85. The number of amides is 1. The van der Waals surface area contributed by atoms with E-state index in [-0.39, 0.29) is 11.5 Å². The highest BCUT2D eigenvalue weighted by Crippen LogP contribution is 2.44. The number of hydrogen-bond donors (Lipinski definition) is 0. The molecule has 0 radical (unpaired) electrons. The van der Waals surface area contributed by atoms with Gasteiger partial charge in [-0.3, -0.25) is 4.79 Å². The summed E-state index contributed by atoms with van der Waals surface area (Å²) in [6.07, 6.45) is 4.17. The van der Waals surface area contributed by atoms with E-state index in [0.717, 1.165) is 25.9 Å². The van der Waals surface area contributed by atoms with Crippen LogP contribution >= 0.6 is 11.3 Å². The van der Waals surface area contributed by atoms with Gasteiger partial charge in [0.15, 0.2) is 5.65 Å². The Bertz CT molecular complexity index is 939. The fourth-order valence-corrected chi connectivity index (χ4v) is 5.13. The van der Waals surface area contributed by atoms with Gasteiger partial charge in [-0.2, -0.15) is 5.10 Å². The van der Waals surface area contributed by atoms with E-state index in [2.05, 4.69) is 21.5 Å². The number of carbonyl (C=O) groups is 1. The van der Waals surface area contributed by atoms with Crippen LogP contribution in [-0.4, -0.2) is 45.1 Å². The Labute approximate surface area is 149 Å². The van der Waals surface area contributed by atoms with E-state index < -0.39 is 0 Å². The van der Waals surface area contributed by atoms with Gasteiger partial charge in [0.1, 0.15) is 17.6 Å². The summed E-state index contributed by atoms with van der Waals surface area (Å²) in [5.41, 5.74) is 2.48. The number of pyridine rings is 1. The summed E-state index contributed by atoms with van der Waals surface area (Å²) in [4.78, 5) is 20.4. The van der Waals surface area contributed by atoms with Crippen LogP contribution in [0.1, 0.15) is 33.8 Å². The number of aromatic nitrogens is 3. The molecule has 1 fully saturated rings. The van der Waals surface area contributed by atoms with Crippen molar-refractivity contribution in [3.63, 3.8) is 0 Å². The smallest absolute Gasteiger partial charge is 0.272 e. The summed E-state index contributed by atoms with van der Waals surface area (Å²) in [6.45, 7) is 2.17. The van der Waals surface area contributed by atoms with E-state index in [4.69, 9.17) is 4.74 Å². The van der Waals surface area contributed by atoms with Gasteiger partial charge in [-0.05, 0) is 48.4 Å². The first kappa shape index (κ1) is 15.0. The Morgan fingerprint density at radius 1 is 1.24 bits per heavy atom. The molecule has 0 atom stereocenters. The summed E-state index contributed by atoms with van der Waals surface area (Å²) in [5.74, 6) is 0.00756. The molecule has 0 aliphatic carbocycles. The predicted octanol–water partition coefficient (Wildman–Crippen LogP) is 2.50. The summed E-state index contributed by atoms with van der Waals surface area (Å²) < 4.78 is 7.84. The average Bonchev–Trinajstić information content (AvgIpc) is 3.31. The van der Waals surface area contributed by atoms with Crippen LogP contribution < -0.4 is 0 Å². The number of hydrogen-bond acceptors (Lipinski definition) is 5. The van der Waals surface area contributed by atoms with E-state index in [1.807, 2.05) is 23.1 Å². The van der Waals surface area contributed by atoms with Crippen LogP contribution in [0.2, 0.25) is 0 Å². The Balaban J connectivity index is 1.39. The molecule has 7 heteroatoms. The monoisotopic (exact) mass is 354 g/mol. The standard InChI is InChI=1S/C18H18N4O2S/c23-17(14-2-1-3-15-19-12-20-22(14)15)21-8-6-18(7-9-21)16-13(4-10-24-18)5-11-25-16/h1-3,5,11-12H,4,6-10H2. The van der Waals surface area contributed by atoms with Gasteiger partial charge in [0.05, 0.1) is 6.61 Å². The van der Waals surface area contributed by atoms with Crippen molar-refractivity contribution in [1.82, 2.24) is 19.5 Å².